The van der Waals surface area contributed by atoms with Crippen LogP contribution in [0.5, 0.6) is 0 Å². The van der Waals surface area contributed by atoms with Crippen LogP contribution in [0.4, 0.5) is 0 Å². The highest BCUT2D eigenvalue weighted by atomic mass is 32.2. The maximum atomic E-state index is 12.0. The minimum Gasteiger partial charge on any atom is -0.353 e. The molecule has 1 aromatic rings. The Kier molecular flexibility index (Phi) is 4.57. The third kappa shape index (κ3) is 3.31. The summed E-state index contributed by atoms with van der Waals surface area (Å²) in [6.45, 7) is -0.545. The molecule has 2 N–H and O–H groups in total. The Hall–Kier alpha value is -2.26. The van der Waals surface area contributed by atoms with Crippen LogP contribution in [0, 0.1) is 0 Å². The molecule has 9 heteroatoms. The molecule has 0 radical (unpaired) electrons. The van der Waals surface area contributed by atoms with E-state index < -0.39 is 34.3 Å². The van der Waals surface area contributed by atoms with E-state index in [2.05, 4.69) is 10.0 Å². The molecular formula is C13H15N3O5S. The first-order valence-corrected chi connectivity index (χ1v) is 8.14. The number of carbonyl (C=O) groups is 3. The van der Waals surface area contributed by atoms with Crippen LogP contribution in [0.15, 0.2) is 24.3 Å². The smallest absolute Gasteiger partial charge is 0.262 e. The van der Waals surface area contributed by atoms with Crippen molar-refractivity contribution in [1.29, 1.82) is 0 Å². The average molecular weight is 325 g/mol. The molecular weight excluding hydrogens is 310 g/mol. The zero-order valence-electron chi connectivity index (χ0n) is 11.8. The van der Waals surface area contributed by atoms with E-state index in [9.17, 15) is 22.8 Å². The molecule has 1 aliphatic rings. The van der Waals surface area contributed by atoms with Gasteiger partial charge in [-0.25, -0.2) is 13.1 Å². The van der Waals surface area contributed by atoms with Crippen molar-refractivity contribution in [2.75, 3.05) is 25.9 Å². The lowest BCUT2D eigenvalue weighted by Gasteiger charge is -2.13. The molecule has 0 bridgehead atoms. The van der Waals surface area contributed by atoms with E-state index in [1.54, 1.807) is 12.1 Å². The molecule has 8 nitrogen and oxygen atoms in total. The largest absolute Gasteiger partial charge is 0.353 e. The standard InChI is InChI=1S/C13H15N3O5S/c1-14-22(20,21)7-6-15-11(17)8-16-12(18)9-4-2-3-5-10(9)13(16)19/h2-5,14H,6-8H2,1H3,(H,15,17). The van der Waals surface area contributed by atoms with Gasteiger partial charge in [-0.05, 0) is 19.2 Å². The molecule has 0 fully saturated rings. The number of hydrogen-bond donors (Lipinski definition) is 2. The molecule has 0 aromatic heterocycles. The van der Waals surface area contributed by atoms with Crippen LogP contribution in [-0.4, -0.2) is 56.9 Å². The molecule has 0 spiro atoms. The normalized spacial score (nSPS) is 14.1. The lowest BCUT2D eigenvalue weighted by molar-refractivity contribution is -0.121. The highest BCUT2D eigenvalue weighted by Crippen LogP contribution is 2.21. The van der Waals surface area contributed by atoms with E-state index in [0.717, 1.165) is 4.90 Å². The first-order valence-electron chi connectivity index (χ1n) is 6.49. The molecule has 0 saturated carbocycles. The summed E-state index contributed by atoms with van der Waals surface area (Å²) in [5, 5.41) is 2.36. The van der Waals surface area contributed by atoms with Gasteiger partial charge in [-0.2, -0.15) is 0 Å². The van der Waals surface area contributed by atoms with Gasteiger partial charge in [0.2, 0.25) is 15.9 Å². The molecule has 0 aliphatic carbocycles. The molecule has 0 saturated heterocycles. The Morgan fingerprint density at radius 3 is 2.18 bits per heavy atom. The minimum absolute atomic E-state index is 0.106. The summed E-state index contributed by atoms with van der Waals surface area (Å²) in [5.41, 5.74) is 0.524. The number of benzene rings is 1. The summed E-state index contributed by atoms with van der Waals surface area (Å²) in [5.74, 6) is -1.94. The number of nitrogens with zero attached hydrogens (tertiary/aromatic N) is 1. The maximum absolute atomic E-state index is 12.0. The van der Waals surface area contributed by atoms with Gasteiger partial charge in [0.1, 0.15) is 6.54 Å². The predicted molar refractivity (Wildman–Crippen MR) is 77.7 cm³/mol. The van der Waals surface area contributed by atoms with Crippen molar-refractivity contribution in [2.24, 2.45) is 0 Å². The third-order valence-electron chi connectivity index (χ3n) is 3.18. The Labute approximate surface area is 127 Å². The number of amides is 3. The van der Waals surface area contributed by atoms with Gasteiger partial charge in [-0.1, -0.05) is 12.1 Å². The molecule has 22 heavy (non-hydrogen) atoms. The summed E-state index contributed by atoms with van der Waals surface area (Å²) >= 11 is 0. The molecule has 1 heterocycles. The Balaban J connectivity index is 1.94. The summed E-state index contributed by atoms with van der Waals surface area (Å²) in [4.78, 5) is 36.7. The Bertz CT molecular complexity index is 694. The van der Waals surface area contributed by atoms with Crippen LogP contribution < -0.4 is 10.0 Å². The fourth-order valence-corrected chi connectivity index (χ4v) is 2.58. The van der Waals surface area contributed by atoms with E-state index >= 15 is 0 Å². The molecule has 0 unspecified atom stereocenters. The molecule has 1 aromatic carbocycles. The Morgan fingerprint density at radius 1 is 1.14 bits per heavy atom. The van der Waals surface area contributed by atoms with Crippen molar-refractivity contribution in [1.82, 2.24) is 14.9 Å². The highest BCUT2D eigenvalue weighted by molar-refractivity contribution is 7.89. The quantitative estimate of drug-likeness (QED) is 0.648. The van der Waals surface area contributed by atoms with Crippen LogP contribution in [0.3, 0.4) is 0 Å². The first-order chi connectivity index (χ1) is 10.4. The lowest BCUT2D eigenvalue weighted by Crippen LogP contribution is -2.42. The zero-order chi connectivity index (χ0) is 16.3. The van der Waals surface area contributed by atoms with Gasteiger partial charge < -0.3 is 5.32 Å². The first kappa shape index (κ1) is 16.1. The molecule has 118 valence electrons. The number of rotatable bonds is 6. The lowest BCUT2D eigenvalue weighted by atomic mass is 10.1. The summed E-state index contributed by atoms with van der Waals surface area (Å²) < 4.78 is 24.5. The number of sulfonamides is 1. The van der Waals surface area contributed by atoms with Crippen LogP contribution in [0.25, 0.3) is 0 Å². The number of fused-ring (bicyclic) bond motifs is 1. The second-order valence-corrected chi connectivity index (χ2v) is 6.66. The second kappa shape index (κ2) is 6.24. The number of carbonyl (C=O) groups excluding carboxylic acids is 3. The number of hydrogen-bond acceptors (Lipinski definition) is 5. The number of nitrogens with one attached hydrogen (secondary N) is 2. The molecule has 0 atom stereocenters. The maximum Gasteiger partial charge on any atom is 0.262 e. The van der Waals surface area contributed by atoms with Crippen molar-refractivity contribution in [3.05, 3.63) is 35.4 Å². The SMILES string of the molecule is CNS(=O)(=O)CCNC(=O)CN1C(=O)c2ccccc2C1=O. The monoisotopic (exact) mass is 325 g/mol. The zero-order valence-corrected chi connectivity index (χ0v) is 12.6. The van der Waals surface area contributed by atoms with E-state index in [4.69, 9.17) is 0 Å². The molecule has 3 amide bonds. The van der Waals surface area contributed by atoms with Gasteiger partial charge in [0.15, 0.2) is 0 Å². The number of imide groups is 1. The van der Waals surface area contributed by atoms with Crippen LogP contribution >= 0.6 is 0 Å². The van der Waals surface area contributed by atoms with E-state index in [1.165, 1.54) is 19.2 Å². The van der Waals surface area contributed by atoms with E-state index in [-0.39, 0.29) is 23.4 Å². The van der Waals surface area contributed by atoms with Crippen molar-refractivity contribution in [2.45, 2.75) is 0 Å². The molecule has 2 rings (SSSR count). The fourth-order valence-electron chi connectivity index (χ4n) is 2.01. The van der Waals surface area contributed by atoms with Crippen molar-refractivity contribution in [3.8, 4) is 0 Å². The van der Waals surface area contributed by atoms with Gasteiger partial charge in [0.25, 0.3) is 11.8 Å². The minimum atomic E-state index is -3.42. The van der Waals surface area contributed by atoms with Gasteiger partial charge in [0.05, 0.1) is 16.9 Å². The fraction of sp³-hybridized carbons (Fsp3) is 0.308. The van der Waals surface area contributed by atoms with Gasteiger partial charge >= 0.3 is 0 Å². The van der Waals surface area contributed by atoms with Crippen LogP contribution in [0.1, 0.15) is 20.7 Å². The third-order valence-corrected chi connectivity index (χ3v) is 4.55. The summed E-state index contributed by atoms with van der Waals surface area (Å²) in [7, 11) is -2.15. The van der Waals surface area contributed by atoms with Gasteiger partial charge in [-0.3, -0.25) is 19.3 Å². The van der Waals surface area contributed by atoms with Crippen LogP contribution in [-0.2, 0) is 14.8 Å². The van der Waals surface area contributed by atoms with Crippen molar-refractivity contribution in [3.63, 3.8) is 0 Å². The average Bonchev–Trinajstić information content (AvgIpc) is 2.73. The van der Waals surface area contributed by atoms with E-state index in [1.807, 2.05) is 0 Å². The van der Waals surface area contributed by atoms with Crippen LogP contribution in [0.2, 0.25) is 0 Å². The van der Waals surface area contributed by atoms with Crippen molar-refractivity contribution < 1.29 is 22.8 Å². The summed E-state index contributed by atoms with van der Waals surface area (Å²) in [6, 6.07) is 6.31. The molecule has 1 aliphatic heterocycles. The van der Waals surface area contributed by atoms with Gasteiger partial charge in [0, 0.05) is 6.54 Å². The second-order valence-electron chi connectivity index (χ2n) is 4.61. The van der Waals surface area contributed by atoms with E-state index in [0.29, 0.717) is 0 Å². The topological polar surface area (TPSA) is 113 Å². The highest BCUT2D eigenvalue weighted by Gasteiger charge is 2.36. The Morgan fingerprint density at radius 2 is 1.68 bits per heavy atom. The summed E-state index contributed by atoms with van der Waals surface area (Å²) in [6.07, 6.45) is 0. The predicted octanol–water partition coefficient (Wildman–Crippen LogP) is -1.05. The van der Waals surface area contributed by atoms with Gasteiger partial charge in [-0.15, -0.1) is 0 Å². The van der Waals surface area contributed by atoms with Crippen molar-refractivity contribution >= 4 is 27.7 Å².